The van der Waals surface area contributed by atoms with Crippen molar-refractivity contribution in [2.75, 3.05) is 9.80 Å². The van der Waals surface area contributed by atoms with Crippen molar-refractivity contribution in [1.29, 1.82) is 5.26 Å². The number of anilines is 6. The predicted octanol–water partition coefficient (Wildman–Crippen LogP) is 25.1. The molecule has 0 atom stereocenters. The highest BCUT2D eigenvalue weighted by molar-refractivity contribution is 7.00. The first-order chi connectivity index (χ1) is 57.1. The fourth-order valence-electron chi connectivity index (χ4n) is 16.8. The number of hydrogen-bond acceptors (Lipinski definition) is 3. The monoisotopic (exact) mass is 1400 g/mol. The summed E-state index contributed by atoms with van der Waals surface area (Å²) in [6.45, 7) is 25.0. The molecule has 2 aliphatic rings. The second-order valence-corrected chi connectivity index (χ2v) is 33.2. The molecule has 0 unspecified atom stereocenters. The van der Waals surface area contributed by atoms with Gasteiger partial charge in [-0.1, -0.05) is 265 Å². The van der Waals surface area contributed by atoms with Gasteiger partial charge in [-0.3, -0.25) is 0 Å². The molecule has 0 bridgehead atoms. The topological polar surface area (TPSA) is 45.1 Å². The van der Waals surface area contributed by atoms with Gasteiger partial charge in [0.2, 0.25) is 0 Å². The minimum atomic E-state index is -0.869. The number of benzene rings is 14. The summed E-state index contributed by atoms with van der Waals surface area (Å²) >= 11 is 0. The zero-order valence-electron chi connectivity index (χ0n) is 74.6. The van der Waals surface area contributed by atoms with E-state index in [1.807, 2.05) is 118 Å². The molecule has 7 heteroatoms. The van der Waals surface area contributed by atoms with Crippen LogP contribution < -0.4 is 26.2 Å². The smallest absolute Gasteiger partial charge is 0.252 e. The fraction of sp³-hybridized carbons (Fsp3) is 0.158. The Hall–Kier alpha value is -12.4. The van der Waals surface area contributed by atoms with Gasteiger partial charge in [0.15, 0.2) is 0 Å². The Balaban J connectivity index is 1.03. The van der Waals surface area contributed by atoms with Crippen molar-refractivity contribution >= 4 is 123 Å². The fourth-order valence-corrected chi connectivity index (χ4v) is 16.8. The third kappa shape index (κ3) is 10.5. The molecule has 0 spiro atoms. The summed E-state index contributed by atoms with van der Waals surface area (Å²) in [5, 5.41) is 15.7. The van der Waals surface area contributed by atoms with Crippen LogP contribution in [0.25, 0.3) is 116 Å². The molecule has 0 fully saturated rings. The van der Waals surface area contributed by atoms with Crippen LogP contribution in [-0.2, 0) is 21.7 Å². The Morgan fingerprint density at radius 2 is 0.769 bits per heavy atom. The molecule has 108 heavy (non-hydrogen) atoms. The molecule has 0 amide bonds. The lowest BCUT2D eigenvalue weighted by atomic mass is 9.33. The van der Waals surface area contributed by atoms with Crippen LogP contribution in [0.1, 0.15) is 127 Å². The number of nitriles is 1. The van der Waals surface area contributed by atoms with E-state index < -0.39 is 65.9 Å². The summed E-state index contributed by atoms with van der Waals surface area (Å²) in [4.78, 5) is 4.52. The number of rotatable bonds is 8. The van der Waals surface area contributed by atoms with Crippen LogP contribution in [0.4, 0.5) is 34.1 Å². The van der Waals surface area contributed by atoms with E-state index in [1.165, 1.54) is 11.1 Å². The molecule has 0 radical (unpaired) electrons. The largest absolute Gasteiger partial charge is 0.311 e. The van der Waals surface area contributed by atoms with Gasteiger partial charge in [0.1, 0.15) is 6.07 Å². The lowest BCUT2D eigenvalue weighted by Gasteiger charge is -2.45. The maximum atomic E-state index is 11.6. The number of aromatic nitrogens is 3. The Morgan fingerprint density at radius 1 is 0.315 bits per heavy atom. The first kappa shape index (κ1) is 54.3. The van der Waals surface area contributed by atoms with E-state index in [-0.39, 0.29) is 67.9 Å². The number of para-hydroxylation sites is 4. The van der Waals surface area contributed by atoms with Crippen LogP contribution in [0.2, 0.25) is 0 Å². The average molecular weight is 1410 g/mol. The summed E-state index contributed by atoms with van der Waals surface area (Å²) in [6, 6.07) is 75.3. The first-order valence-electron chi connectivity index (χ1n) is 43.2. The molecule has 2 aliphatic heterocycles. The van der Waals surface area contributed by atoms with Gasteiger partial charge in [-0.15, -0.1) is 0 Å². The summed E-state index contributed by atoms with van der Waals surface area (Å²) in [5.74, 6) is 0. The summed E-state index contributed by atoms with van der Waals surface area (Å²) in [6.07, 6.45) is 0. The Labute approximate surface area is 650 Å². The maximum Gasteiger partial charge on any atom is 0.252 e. The van der Waals surface area contributed by atoms with Gasteiger partial charge >= 0.3 is 0 Å². The Kier molecular flexibility index (Phi) is 12.2. The van der Waals surface area contributed by atoms with Crippen LogP contribution in [0.3, 0.4) is 0 Å². The van der Waals surface area contributed by atoms with Crippen LogP contribution >= 0.6 is 0 Å². The Bertz CT molecular complexity index is 7130. The van der Waals surface area contributed by atoms with Crippen molar-refractivity contribution in [3.63, 3.8) is 0 Å². The molecule has 19 rings (SSSR count). The molecule has 0 saturated carbocycles. The van der Waals surface area contributed by atoms with Crippen molar-refractivity contribution < 1.29 is 16.4 Å². The van der Waals surface area contributed by atoms with Gasteiger partial charge in [-0.25, -0.2) is 0 Å². The van der Waals surface area contributed by atoms with E-state index in [0.29, 0.717) is 50.9 Å². The molecule has 0 aliphatic carbocycles. The standard InChI is InChI=1S/C101H85BN6/c1-98(2,3)68-33-27-32-65(52-68)67-53-94-96-95(54-67)108(97-79(63-28-15-13-16-29-63)57-71(101(10,11)12)58-80(97)64-30-17-14-18-31-64)93-61-74(104-85-38-23-19-34-75(85)76-35-20-24-39-86(76)104)47-49-84(93)102(96)83-48-46-73(105-89-50-43-69(99(4,5)6)55-81(89)82-56-70(100(7,8)9)44-51-90(82)105)60-92(83)106(94)72-45-42-66(62-103)91(59-72)107-87-40-25-21-36-77(87)78-37-22-26-41-88(78)107/h13-61H,1-12H3/i19D,20D,23D,24D,27D,32D,33D,34D,35D,38D,39D,52D. The molecule has 0 N–H and O–H groups in total. The number of hydrogen-bond donors (Lipinski definition) is 0. The van der Waals surface area contributed by atoms with E-state index in [9.17, 15) is 19.0 Å². The molecule has 0 saturated heterocycles. The van der Waals surface area contributed by atoms with Crippen LogP contribution in [0, 0.1) is 11.3 Å². The molecule has 14 aromatic carbocycles. The average Bonchev–Trinajstić information content (AvgIpc) is 1.25. The van der Waals surface area contributed by atoms with Crippen molar-refractivity contribution in [2.24, 2.45) is 0 Å². The molecule has 6 nitrogen and oxygen atoms in total. The van der Waals surface area contributed by atoms with Crippen LogP contribution in [-0.4, -0.2) is 20.4 Å². The number of nitrogens with zero attached hydrogens (tertiary/aromatic N) is 6. The first-order valence-corrected chi connectivity index (χ1v) is 37.2. The summed E-state index contributed by atoms with van der Waals surface area (Å²) < 4.78 is 123. The lowest BCUT2D eigenvalue weighted by Crippen LogP contribution is -2.61. The summed E-state index contributed by atoms with van der Waals surface area (Å²) in [7, 11) is 0. The van der Waals surface area contributed by atoms with E-state index in [2.05, 4.69) is 215 Å². The van der Waals surface area contributed by atoms with Gasteiger partial charge < -0.3 is 23.5 Å². The van der Waals surface area contributed by atoms with E-state index >= 15 is 0 Å². The van der Waals surface area contributed by atoms with Crippen molar-refractivity contribution in [3.05, 3.63) is 325 Å². The minimum absolute atomic E-state index is 0.0485. The second kappa shape index (κ2) is 24.3. The van der Waals surface area contributed by atoms with Crippen molar-refractivity contribution in [3.8, 4) is 56.5 Å². The third-order valence-electron chi connectivity index (χ3n) is 22.3. The van der Waals surface area contributed by atoms with Crippen LogP contribution in [0.15, 0.2) is 297 Å². The van der Waals surface area contributed by atoms with E-state index in [4.69, 9.17) is 2.74 Å². The predicted molar refractivity (Wildman–Crippen MR) is 459 cm³/mol. The highest BCUT2D eigenvalue weighted by atomic mass is 15.2. The van der Waals surface area contributed by atoms with Gasteiger partial charge in [0, 0.05) is 83.3 Å². The molecular weight excluding hydrogens is 1310 g/mol. The number of fused-ring (bicyclic) bond motifs is 13. The normalized spacial score (nSPS) is 14.7. The van der Waals surface area contributed by atoms with Crippen LogP contribution in [0.5, 0.6) is 0 Å². The van der Waals surface area contributed by atoms with Gasteiger partial charge in [0.05, 0.1) is 66.5 Å². The quantitative estimate of drug-likeness (QED) is 0.142. The zero-order chi connectivity index (χ0) is 84.5. The van der Waals surface area contributed by atoms with E-state index in [0.717, 1.165) is 99.2 Å². The van der Waals surface area contributed by atoms with Gasteiger partial charge in [-0.2, -0.15) is 5.26 Å². The molecule has 522 valence electrons. The molecule has 17 aromatic rings. The van der Waals surface area contributed by atoms with Gasteiger partial charge in [-0.05, 0) is 198 Å². The van der Waals surface area contributed by atoms with Gasteiger partial charge in [0.25, 0.3) is 6.71 Å². The molecular formula is C101H85BN6. The second-order valence-electron chi connectivity index (χ2n) is 33.2. The zero-order valence-corrected chi connectivity index (χ0v) is 62.6. The van der Waals surface area contributed by atoms with Crippen molar-refractivity contribution in [2.45, 2.75) is 105 Å². The maximum absolute atomic E-state index is 11.6. The van der Waals surface area contributed by atoms with E-state index in [1.54, 1.807) is 4.57 Å². The Morgan fingerprint density at radius 3 is 1.29 bits per heavy atom. The third-order valence-corrected chi connectivity index (χ3v) is 22.3. The highest BCUT2D eigenvalue weighted by Crippen LogP contribution is 2.54. The summed E-state index contributed by atoms with van der Waals surface area (Å²) in [5.41, 5.74) is 18.0. The minimum Gasteiger partial charge on any atom is -0.311 e. The van der Waals surface area contributed by atoms with Crippen molar-refractivity contribution in [1.82, 2.24) is 13.7 Å². The molecule has 3 aromatic heterocycles. The SMILES string of the molecule is [2H]c1c([2H])c(-c2cc3c4c(c2)N(c2c(-c5ccccc5)cc(C(C)(C)C)cc2-c2ccccc2)c2cc(-n5c6c([2H])c([2H])c([2H])c([2H])c6c6c([2H])c([2H])c([2H])c([2H])c65)ccc2B4c2ccc(-n4c5ccc(C(C)(C)C)cc5c5cc(C(C)(C)C)ccc54)cc2N3c2ccc(C#N)c(-n3c4ccccc4c4ccccc43)c2)c([2H])c(C(C)(C)C)c1[2H]. The highest BCUT2D eigenvalue weighted by Gasteiger charge is 2.46. The molecule has 5 heterocycles. The lowest BCUT2D eigenvalue weighted by molar-refractivity contribution is 0.590.